The van der Waals surface area contributed by atoms with Crippen LogP contribution in [0, 0.1) is 15.9 Å². The van der Waals surface area contributed by atoms with Gasteiger partial charge in [-0.05, 0) is 18.6 Å². The molecule has 18 heavy (non-hydrogen) atoms. The highest BCUT2D eigenvalue weighted by Gasteiger charge is 2.29. The van der Waals surface area contributed by atoms with Gasteiger partial charge in [0, 0.05) is 25.2 Å². The highest BCUT2D eigenvalue weighted by molar-refractivity contribution is 5.98. The minimum Gasteiger partial charge on any atom is -0.337 e. The van der Waals surface area contributed by atoms with Crippen molar-refractivity contribution in [2.24, 2.45) is 5.73 Å². The molecule has 1 aromatic carbocycles. The molecule has 1 fully saturated rings. The molecular weight excluding hydrogens is 241 g/mol. The van der Waals surface area contributed by atoms with Crippen LogP contribution in [0.4, 0.5) is 10.1 Å². The summed E-state index contributed by atoms with van der Waals surface area (Å²) in [6.45, 7) is 0.778. The van der Waals surface area contributed by atoms with Crippen molar-refractivity contribution in [2.45, 2.75) is 12.5 Å². The lowest BCUT2D eigenvalue weighted by Crippen LogP contribution is -2.32. The zero-order valence-corrected chi connectivity index (χ0v) is 9.51. The quantitative estimate of drug-likeness (QED) is 0.626. The Kier molecular flexibility index (Phi) is 3.24. The minimum absolute atomic E-state index is 0.124. The first kappa shape index (κ1) is 12.4. The molecule has 1 aliphatic rings. The Balaban J connectivity index is 2.34. The first-order valence-corrected chi connectivity index (χ1v) is 5.48. The van der Waals surface area contributed by atoms with Crippen LogP contribution in [-0.4, -0.2) is 34.9 Å². The smallest absolute Gasteiger partial charge is 0.282 e. The number of nitro groups is 1. The van der Waals surface area contributed by atoms with Crippen LogP contribution in [0.3, 0.4) is 0 Å². The number of carbonyl (C=O) groups is 1. The van der Waals surface area contributed by atoms with E-state index in [2.05, 4.69) is 0 Å². The maximum Gasteiger partial charge on any atom is 0.282 e. The molecule has 0 unspecified atom stereocenters. The summed E-state index contributed by atoms with van der Waals surface area (Å²) in [5.74, 6) is -1.22. The summed E-state index contributed by atoms with van der Waals surface area (Å²) in [6.07, 6.45) is 0.648. The van der Waals surface area contributed by atoms with E-state index in [1.807, 2.05) is 0 Å². The highest BCUT2D eigenvalue weighted by atomic mass is 19.1. The number of rotatable bonds is 2. The average molecular weight is 253 g/mol. The van der Waals surface area contributed by atoms with E-state index in [1.54, 1.807) is 0 Å². The third-order valence-corrected chi connectivity index (χ3v) is 2.90. The maximum atomic E-state index is 13.1. The summed E-state index contributed by atoms with van der Waals surface area (Å²) in [5, 5.41) is 10.8. The molecule has 1 saturated heterocycles. The number of nitrogens with two attached hydrogens (primary N) is 1. The monoisotopic (exact) mass is 253 g/mol. The molecule has 0 spiro atoms. The molecule has 7 heteroatoms. The summed E-state index contributed by atoms with van der Waals surface area (Å²) < 4.78 is 13.1. The number of amides is 1. The molecule has 0 bridgehead atoms. The molecule has 2 N–H and O–H groups in total. The normalized spacial score (nSPS) is 19.0. The molecule has 1 aromatic rings. The molecule has 1 aliphatic heterocycles. The van der Waals surface area contributed by atoms with E-state index in [0.717, 1.165) is 18.2 Å². The van der Waals surface area contributed by atoms with Crippen molar-refractivity contribution in [2.75, 3.05) is 13.1 Å². The third kappa shape index (κ3) is 2.30. The van der Waals surface area contributed by atoms with Gasteiger partial charge in [0.25, 0.3) is 11.6 Å². The standard InChI is InChI=1S/C11H12FN3O3/c12-7-1-2-10(15(17)18)9(5-7)11(16)14-4-3-8(13)6-14/h1-2,5,8H,3-4,6,13H2/t8-/m1/s1. The van der Waals surface area contributed by atoms with Crippen LogP contribution in [0.2, 0.25) is 0 Å². The van der Waals surface area contributed by atoms with Crippen LogP contribution in [0.25, 0.3) is 0 Å². The SMILES string of the molecule is N[C@@H]1CCN(C(=O)c2cc(F)ccc2[N+](=O)[O-])C1. The Labute approximate surface area is 102 Å². The molecule has 96 valence electrons. The summed E-state index contributed by atoms with van der Waals surface area (Å²) in [6, 6.07) is 2.73. The fourth-order valence-electron chi connectivity index (χ4n) is 1.98. The number of halogens is 1. The Morgan fingerprint density at radius 2 is 2.28 bits per heavy atom. The van der Waals surface area contributed by atoms with E-state index in [1.165, 1.54) is 4.90 Å². The summed E-state index contributed by atoms with van der Waals surface area (Å²) in [5.41, 5.74) is 5.05. The van der Waals surface area contributed by atoms with Crippen LogP contribution < -0.4 is 5.73 Å². The van der Waals surface area contributed by atoms with Gasteiger partial charge in [-0.3, -0.25) is 14.9 Å². The number of hydrogen-bond acceptors (Lipinski definition) is 4. The topological polar surface area (TPSA) is 89.5 Å². The van der Waals surface area contributed by atoms with Crippen LogP contribution in [0.1, 0.15) is 16.8 Å². The fraction of sp³-hybridized carbons (Fsp3) is 0.364. The molecule has 0 saturated carbocycles. The summed E-state index contributed by atoms with van der Waals surface area (Å²) in [4.78, 5) is 23.6. The van der Waals surface area contributed by atoms with Gasteiger partial charge in [-0.2, -0.15) is 0 Å². The zero-order valence-electron chi connectivity index (χ0n) is 9.51. The van der Waals surface area contributed by atoms with Crippen LogP contribution in [0.5, 0.6) is 0 Å². The molecule has 1 heterocycles. The molecule has 1 amide bonds. The predicted molar refractivity (Wildman–Crippen MR) is 61.6 cm³/mol. The predicted octanol–water partition coefficient (Wildman–Crippen LogP) is 0.907. The van der Waals surface area contributed by atoms with Crippen molar-refractivity contribution in [3.05, 3.63) is 39.7 Å². The van der Waals surface area contributed by atoms with Crippen LogP contribution in [-0.2, 0) is 0 Å². The second-order valence-electron chi connectivity index (χ2n) is 4.22. The number of nitro benzene ring substituents is 1. The molecule has 2 rings (SSSR count). The number of hydrogen-bond donors (Lipinski definition) is 1. The average Bonchev–Trinajstić information content (AvgIpc) is 2.74. The van der Waals surface area contributed by atoms with Gasteiger partial charge < -0.3 is 10.6 Å². The lowest BCUT2D eigenvalue weighted by Gasteiger charge is -2.15. The Hall–Kier alpha value is -2.02. The summed E-state index contributed by atoms with van der Waals surface area (Å²) >= 11 is 0. The van der Waals surface area contributed by atoms with Gasteiger partial charge in [-0.1, -0.05) is 0 Å². The van der Waals surface area contributed by atoms with E-state index >= 15 is 0 Å². The Morgan fingerprint density at radius 3 is 2.83 bits per heavy atom. The van der Waals surface area contributed by atoms with E-state index < -0.39 is 16.6 Å². The number of nitrogens with zero attached hydrogens (tertiary/aromatic N) is 2. The first-order chi connectivity index (χ1) is 8.49. The van der Waals surface area contributed by atoms with Gasteiger partial charge in [0.15, 0.2) is 0 Å². The van der Waals surface area contributed by atoms with Gasteiger partial charge in [0.2, 0.25) is 0 Å². The third-order valence-electron chi connectivity index (χ3n) is 2.90. The van der Waals surface area contributed by atoms with Gasteiger partial charge in [0.1, 0.15) is 11.4 Å². The minimum atomic E-state index is -0.692. The van der Waals surface area contributed by atoms with Crippen molar-refractivity contribution in [1.29, 1.82) is 0 Å². The van der Waals surface area contributed by atoms with E-state index in [9.17, 15) is 19.3 Å². The molecule has 0 aliphatic carbocycles. The van der Waals surface area contributed by atoms with E-state index in [-0.39, 0.29) is 17.3 Å². The second-order valence-corrected chi connectivity index (χ2v) is 4.22. The molecule has 0 aromatic heterocycles. The van der Waals surface area contributed by atoms with E-state index in [4.69, 9.17) is 5.73 Å². The zero-order chi connectivity index (χ0) is 13.3. The summed E-state index contributed by atoms with van der Waals surface area (Å²) in [7, 11) is 0. The fourth-order valence-corrected chi connectivity index (χ4v) is 1.98. The lowest BCUT2D eigenvalue weighted by molar-refractivity contribution is -0.385. The highest BCUT2D eigenvalue weighted by Crippen LogP contribution is 2.22. The van der Waals surface area contributed by atoms with Crippen molar-refractivity contribution in [3.8, 4) is 0 Å². The van der Waals surface area contributed by atoms with Crippen molar-refractivity contribution >= 4 is 11.6 Å². The first-order valence-electron chi connectivity index (χ1n) is 5.48. The number of carbonyl (C=O) groups excluding carboxylic acids is 1. The molecule has 1 atom stereocenters. The number of likely N-dealkylation sites (tertiary alicyclic amines) is 1. The van der Waals surface area contributed by atoms with Gasteiger partial charge in [-0.25, -0.2) is 4.39 Å². The molecule has 0 radical (unpaired) electrons. The van der Waals surface area contributed by atoms with Crippen molar-refractivity contribution < 1.29 is 14.1 Å². The van der Waals surface area contributed by atoms with Gasteiger partial charge in [-0.15, -0.1) is 0 Å². The van der Waals surface area contributed by atoms with Crippen molar-refractivity contribution in [3.63, 3.8) is 0 Å². The Morgan fingerprint density at radius 1 is 1.56 bits per heavy atom. The van der Waals surface area contributed by atoms with Gasteiger partial charge >= 0.3 is 0 Å². The molecule has 6 nitrogen and oxygen atoms in total. The van der Waals surface area contributed by atoms with E-state index in [0.29, 0.717) is 19.5 Å². The largest absolute Gasteiger partial charge is 0.337 e. The van der Waals surface area contributed by atoms with Gasteiger partial charge in [0.05, 0.1) is 4.92 Å². The van der Waals surface area contributed by atoms with Crippen molar-refractivity contribution in [1.82, 2.24) is 4.90 Å². The maximum absolute atomic E-state index is 13.1. The number of benzene rings is 1. The Bertz CT molecular complexity index is 506. The van der Waals surface area contributed by atoms with Crippen LogP contribution >= 0.6 is 0 Å². The lowest BCUT2D eigenvalue weighted by atomic mass is 10.1. The molecular formula is C11H12FN3O3. The second kappa shape index (κ2) is 4.69. The van der Waals surface area contributed by atoms with Crippen LogP contribution in [0.15, 0.2) is 18.2 Å².